The average molecular weight is 737 g/mol. The van der Waals surface area contributed by atoms with Crippen LogP contribution in [-0.2, 0) is 28.0 Å². The molecule has 15 heteroatoms. The van der Waals surface area contributed by atoms with E-state index in [0.29, 0.717) is 47.3 Å². The van der Waals surface area contributed by atoms with Gasteiger partial charge in [-0.25, -0.2) is 18.9 Å². The lowest BCUT2D eigenvalue weighted by Crippen LogP contribution is -2.47. The number of carbonyl (C=O) groups is 3. The molecule has 2 fully saturated rings. The Bertz CT molecular complexity index is 2130. The SMILES string of the molecule is CC(C)(C)c1nc(C(=O)NCc2ccc(-c3ncnn4cc(CCCCN5CCC(c6ccc(NC7CCC(=O)NC7=O)nc6)CC5)cc34)cc2F)no1. The van der Waals surface area contributed by atoms with Crippen LogP contribution in [0, 0.1) is 5.82 Å². The van der Waals surface area contributed by atoms with E-state index < -0.39 is 23.2 Å². The first-order valence-electron chi connectivity index (χ1n) is 18.5. The molecule has 282 valence electrons. The molecule has 2 saturated heterocycles. The maximum absolute atomic E-state index is 15.2. The first-order valence-corrected chi connectivity index (χ1v) is 18.5. The smallest absolute Gasteiger partial charge is 0.292 e. The van der Waals surface area contributed by atoms with Crippen molar-refractivity contribution in [1.29, 1.82) is 0 Å². The predicted octanol–water partition coefficient (Wildman–Crippen LogP) is 4.96. The molecule has 0 aliphatic carbocycles. The van der Waals surface area contributed by atoms with E-state index in [1.54, 1.807) is 16.6 Å². The summed E-state index contributed by atoms with van der Waals surface area (Å²) in [6, 6.07) is 10.5. The molecule has 1 unspecified atom stereocenters. The van der Waals surface area contributed by atoms with Crippen molar-refractivity contribution in [1.82, 2.24) is 45.3 Å². The van der Waals surface area contributed by atoms with Gasteiger partial charge in [0, 0.05) is 41.9 Å². The summed E-state index contributed by atoms with van der Waals surface area (Å²) in [5.74, 6) is -0.172. The Morgan fingerprint density at radius 3 is 2.61 bits per heavy atom. The zero-order chi connectivity index (χ0) is 37.8. The normalized spacial score (nSPS) is 17.1. The van der Waals surface area contributed by atoms with Crippen molar-refractivity contribution in [2.45, 2.75) is 89.6 Å². The molecule has 4 aromatic heterocycles. The third-order valence-corrected chi connectivity index (χ3v) is 10.1. The van der Waals surface area contributed by atoms with Gasteiger partial charge in [0.15, 0.2) is 0 Å². The molecule has 7 rings (SSSR count). The minimum atomic E-state index is -0.541. The van der Waals surface area contributed by atoms with E-state index >= 15 is 4.39 Å². The van der Waals surface area contributed by atoms with E-state index in [-0.39, 0.29) is 24.2 Å². The van der Waals surface area contributed by atoms with Crippen LogP contribution >= 0.6 is 0 Å². The van der Waals surface area contributed by atoms with E-state index in [9.17, 15) is 14.4 Å². The number of nitrogens with zero attached hydrogens (tertiary/aromatic N) is 7. The van der Waals surface area contributed by atoms with Crippen molar-refractivity contribution < 1.29 is 23.3 Å². The van der Waals surface area contributed by atoms with Gasteiger partial charge in [-0.3, -0.25) is 19.7 Å². The number of pyridine rings is 1. The topological polar surface area (TPSA) is 173 Å². The van der Waals surface area contributed by atoms with Gasteiger partial charge in [-0.1, -0.05) is 44.1 Å². The lowest BCUT2D eigenvalue weighted by molar-refractivity contribution is -0.133. The number of amides is 3. The number of anilines is 1. The summed E-state index contributed by atoms with van der Waals surface area (Å²) in [6.45, 7) is 8.80. The molecular weight excluding hydrogens is 691 g/mol. The van der Waals surface area contributed by atoms with Gasteiger partial charge in [-0.2, -0.15) is 10.1 Å². The Morgan fingerprint density at radius 2 is 1.89 bits per heavy atom. The molecular formula is C39H45FN10O4. The van der Waals surface area contributed by atoms with Crippen molar-refractivity contribution in [3.63, 3.8) is 0 Å². The van der Waals surface area contributed by atoms with E-state index in [1.165, 1.54) is 18.0 Å². The second-order valence-electron chi connectivity index (χ2n) is 15.1. The number of halogens is 1. The molecule has 14 nitrogen and oxygen atoms in total. The van der Waals surface area contributed by atoms with Crippen LogP contribution in [-0.4, -0.2) is 78.0 Å². The quantitative estimate of drug-likeness (QED) is 0.117. The molecule has 3 N–H and O–H groups in total. The zero-order valence-corrected chi connectivity index (χ0v) is 30.8. The number of aryl methyl sites for hydroxylation is 1. The molecule has 0 spiro atoms. The highest BCUT2D eigenvalue weighted by molar-refractivity contribution is 6.01. The fourth-order valence-corrected chi connectivity index (χ4v) is 6.95. The highest BCUT2D eigenvalue weighted by Crippen LogP contribution is 2.29. The van der Waals surface area contributed by atoms with Gasteiger partial charge in [-0.15, -0.1) is 0 Å². The first-order chi connectivity index (χ1) is 26.0. The van der Waals surface area contributed by atoms with Gasteiger partial charge in [0.2, 0.25) is 17.7 Å². The number of hydrogen-bond donors (Lipinski definition) is 3. The first kappa shape index (κ1) is 36.8. The number of piperidine rings is 2. The van der Waals surface area contributed by atoms with Crippen molar-refractivity contribution in [3.05, 3.63) is 89.3 Å². The molecule has 54 heavy (non-hydrogen) atoms. The number of carbonyl (C=O) groups excluding carboxylic acids is 3. The minimum absolute atomic E-state index is 0.0321. The standard InChI is InChI=1S/C39H45FN10O4/c1-39(2,3)38-47-35(48-54-38)37(53)42-21-28-8-7-26(19-29(28)40)34-31-18-24(22-50(31)44-23-43-34)6-4-5-15-49-16-13-25(14-17-49)27-9-11-32(41-20-27)45-30-10-12-33(51)46-36(30)52/h7-9,11,18-20,22-23,25,30H,4-6,10,12-17,21H2,1-3H3,(H,41,45)(H,42,53)(H,46,51,52). The molecule has 0 radical (unpaired) electrons. The van der Waals surface area contributed by atoms with Gasteiger partial charge < -0.3 is 20.1 Å². The van der Waals surface area contributed by atoms with Crippen LogP contribution in [0.15, 0.2) is 59.6 Å². The lowest BCUT2D eigenvalue weighted by Gasteiger charge is -2.32. The number of fused-ring (bicyclic) bond motifs is 1. The Balaban J connectivity index is 0.864. The molecule has 0 saturated carbocycles. The van der Waals surface area contributed by atoms with Crippen LogP contribution in [0.1, 0.15) is 98.4 Å². The van der Waals surface area contributed by atoms with Crippen molar-refractivity contribution in [2.75, 3.05) is 25.0 Å². The molecule has 5 aromatic rings. The fourth-order valence-electron chi connectivity index (χ4n) is 6.95. The summed E-state index contributed by atoms with van der Waals surface area (Å²) < 4.78 is 22.2. The average Bonchev–Trinajstić information content (AvgIpc) is 3.83. The summed E-state index contributed by atoms with van der Waals surface area (Å²) in [5, 5.41) is 16.3. The maximum Gasteiger partial charge on any atom is 0.292 e. The molecule has 2 aliphatic rings. The molecule has 2 aliphatic heterocycles. The zero-order valence-electron chi connectivity index (χ0n) is 30.8. The van der Waals surface area contributed by atoms with Crippen molar-refractivity contribution >= 4 is 29.1 Å². The second kappa shape index (κ2) is 15.8. The summed E-state index contributed by atoms with van der Waals surface area (Å²) in [6.07, 6.45) is 11.3. The monoisotopic (exact) mass is 736 g/mol. The third-order valence-electron chi connectivity index (χ3n) is 10.1. The second-order valence-corrected chi connectivity index (χ2v) is 15.1. The van der Waals surface area contributed by atoms with Gasteiger partial charge in [0.1, 0.15) is 24.0 Å². The van der Waals surface area contributed by atoms with E-state index in [1.807, 2.05) is 39.2 Å². The van der Waals surface area contributed by atoms with Crippen LogP contribution < -0.4 is 16.0 Å². The summed E-state index contributed by atoms with van der Waals surface area (Å²) in [7, 11) is 0. The van der Waals surface area contributed by atoms with Gasteiger partial charge in [-0.05, 0) is 93.4 Å². The largest absolute Gasteiger partial charge is 0.358 e. The Morgan fingerprint density at radius 1 is 1.06 bits per heavy atom. The van der Waals surface area contributed by atoms with Crippen LogP contribution in [0.2, 0.25) is 0 Å². The number of benzene rings is 1. The van der Waals surface area contributed by atoms with Gasteiger partial charge >= 0.3 is 0 Å². The number of unbranched alkanes of at least 4 members (excludes halogenated alkanes) is 1. The molecule has 0 bridgehead atoms. The van der Waals surface area contributed by atoms with E-state index in [2.05, 4.69) is 58.2 Å². The number of aromatic nitrogens is 6. The van der Waals surface area contributed by atoms with Gasteiger partial charge in [0.25, 0.3) is 11.7 Å². The van der Waals surface area contributed by atoms with Crippen LogP contribution in [0.3, 0.4) is 0 Å². The van der Waals surface area contributed by atoms with Gasteiger partial charge in [0.05, 0.1) is 11.2 Å². The van der Waals surface area contributed by atoms with E-state index in [0.717, 1.165) is 62.8 Å². The molecule has 3 amide bonds. The number of rotatable bonds is 12. The Hall–Kier alpha value is -5.57. The summed E-state index contributed by atoms with van der Waals surface area (Å²) in [5.41, 5.74) is 4.34. The van der Waals surface area contributed by atoms with Crippen LogP contribution in [0.4, 0.5) is 10.2 Å². The number of nitrogens with one attached hydrogen (secondary N) is 3. The fraction of sp³-hybridized carbons (Fsp3) is 0.436. The van der Waals surface area contributed by atoms with Crippen LogP contribution in [0.25, 0.3) is 16.8 Å². The number of hydrogen-bond acceptors (Lipinski definition) is 11. The highest BCUT2D eigenvalue weighted by Gasteiger charge is 2.27. The number of likely N-dealkylation sites (tertiary alicyclic amines) is 1. The minimum Gasteiger partial charge on any atom is -0.358 e. The van der Waals surface area contributed by atoms with Crippen LogP contribution in [0.5, 0.6) is 0 Å². The Labute approximate surface area is 312 Å². The molecule has 6 heterocycles. The summed E-state index contributed by atoms with van der Waals surface area (Å²) >= 11 is 0. The predicted molar refractivity (Wildman–Crippen MR) is 198 cm³/mol. The molecule has 1 atom stereocenters. The maximum atomic E-state index is 15.2. The summed E-state index contributed by atoms with van der Waals surface area (Å²) in [4.78, 5) is 51.7. The molecule has 1 aromatic carbocycles. The highest BCUT2D eigenvalue weighted by atomic mass is 19.1. The van der Waals surface area contributed by atoms with Crippen molar-refractivity contribution in [3.8, 4) is 11.3 Å². The lowest BCUT2D eigenvalue weighted by atomic mass is 9.90. The number of imide groups is 1. The van der Waals surface area contributed by atoms with Crippen molar-refractivity contribution in [2.24, 2.45) is 0 Å². The van der Waals surface area contributed by atoms with E-state index in [4.69, 9.17) is 4.52 Å². The third kappa shape index (κ3) is 8.62. The Kier molecular flexibility index (Phi) is 10.8.